The third-order valence-electron chi connectivity index (χ3n) is 7.02. The summed E-state index contributed by atoms with van der Waals surface area (Å²) in [5, 5.41) is 3.85. The van der Waals surface area contributed by atoms with Gasteiger partial charge in [-0.2, -0.15) is 0 Å². The van der Waals surface area contributed by atoms with Gasteiger partial charge in [0.15, 0.2) is 0 Å². The number of rotatable bonds is 5. The number of nitrogens with one attached hydrogen (secondary N) is 1. The first kappa shape index (κ1) is 15.8. The lowest BCUT2D eigenvalue weighted by atomic mass is 9.67. The zero-order valence-electron chi connectivity index (χ0n) is 14.4. The fraction of sp³-hybridized carbons (Fsp3) is 1.00. The number of hydrogen-bond acceptors (Lipinski definition) is 2. The van der Waals surface area contributed by atoms with E-state index in [1.165, 1.54) is 83.7 Å². The Morgan fingerprint density at radius 1 is 1.00 bits per heavy atom. The highest BCUT2D eigenvalue weighted by molar-refractivity contribution is 5.07. The Morgan fingerprint density at radius 3 is 2.29 bits per heavy atom. The van der Waals surface area contributed by atoms with Crippen LogP contribution in [0, 0.1) is 11.8 Å². The van der Waals surface area contributed by atoms with Crippen molar-refractivity contribution >= 4 is 0 Å². The van der Waals surface area contributed by atoms with Crippen LogP contribution in [0.5, 0.6) is 0 Å². The highest BCUT2D eigenvalue weighted by atomic mass is 15.2. The molecule has 3 rings (SSSR count). The van der Waals surface area contributed by atoms with Crippen molar-refractivity contribution in [2.75, 3.05) is 20.1 Å². The molecule has 0 aromatic rings. The number of likely N-dealkylation sites (tertiary alicyclic amines) is 1. The molecular weight excluding hydrogens is 256 g/mol. The van der Waals surface area contributed by atoms with Gasteiger partial charge in [0.05, 0.1) is 0 Å². The van der Waals surface area contributed by atoms with Crippen molar-refractivity contribution in [2.45, 2.75) is 89.1 Å². The van der Waals surface area contributed by atoms with Gasteiger partial charge in [0.25, 0.3) is 0 Å². The summed E-state index contributed by atoms with van der Waals surface area (Å²) >= 11 is 0. The Labute approximate surface area is 132 Å². The van der Waals surface area contributed by atoms with Gasteiger partial charge < -0.3 is 5.32 Å². The van der Waals surface area contributed by atoms with Crippen LogP contribution in [0.2, 0.25) is 0 Å². The molecule has 0 amide bonds. The third-order valence-corrected chi connectivity index (χ3v) is 7.02. The monoisotopic (exact) mass is 292 g/mol. The molecule has 3 unspecified atom stereocenters. The quantitative estimate of drug-likeness (QED) is 0.817. The van der Waals surface area contributed by atoms with Gasteiger partial charge in [0.2, 0.25) is 0 Å². The average molecular weight is 293 g/mol. The van der Waals surface area contributed by atoms with Crippen LogP contribution in [0.3, 0.4) is 0 Å². The summed E-state index contributed by atoms with van der Waals surface area (Å²) < 4.78 is 0. The van der Waals surface area contributed by atoms with E-state index in [9.17, 15) is 0 Å². The highest BCUT2D eigenvalue weighted by Crippen LogP contribution is 2.46. The van der Waals surface area contributed by atoms with Gasteiger partial charge in [-0.05, 0) is 64.1 Å². The van der Waals surface area contributed by atoms with Gasteiger partial charge in [-0.25, -0.2) is 0 Å². The second kappa shape index (κ2) is 7.00. The smallest absolute Gasteiger partial charge is 0.0365 e. The minimum Gasteiger partial charge on any atom is -0.315 e. The highest BCUT2D eigenvalue weighted by Gasteiger charge is 2.50. The van der Waals surface area contributed by atoms with Gasteiger partial charge in [0, 0.05) is 11.6 Å². The molecule has 21 heavy (non-hydrogen) atoms. The molecular formula is C19H36N2. The fourth-order valence-electron chi connectivity index (χ4n) is 6.04. The maximum absolute atomic E-state index is 3.85. The SMILES string of the molecule is CCC1CCCCC1C(NC)C1(N2CCCC2)CCCC1. The molecule has 1 saturated heterocycles. The van der Waals surface area contributed by atoms with Crippen molar-refractivity contribution in [3.05, 3.63) is 0 Å². The summed E-state index contributed by atoms with van der Waals surface area (Å²) in [6, 6.07) is 0.739. The van der Waals surface area contributed by atoms with Crippen LogP contribution < -0.4 is 5.32 Å². The Balaban J connectivity index is 1.84. The van der Waals surface area contributed by atoms with E-state index in [1.807, 2.05) is 0 Å². The molecule has 122 valence electrons. The van der Waals surface area contributed by atoms with Crippen LogP contribution in [-0.4, -0.2) is 36.6 Å². The second-order valence-electron chi connectivity index (χ2n) is 7.89. The van der Waals surface area contributed by atoms with Crippen LogP contribution in [0.15, 0.2) is 0 Å². The second-order valence-corrected chi connectivity index (χ2v) is 7.89. The van der Waals surface area contributed by atoms with Gasteiger partial charge in [-0.3, -0.25) is 4.90 Å². The summed E-state index contributed by atoms with van der Waals surface area (Å²) in [4.78, 5) is 2.91. The van der Waals surface area contributed by atoms with Crippen molar-refractivity contribution in [3.8, 4) is 0 Å². The third kappa shape index (κ3) is 2.91. The summed E-state index contributed by atoms with van der Waals surface area (Å²) in [6.45, 7) is 5.15. The molecule has 2 aliphatic carbocycles. The molecule has 1 N–H and O–H groups in total. The Morgan fingerprint density at radius 2 is 1.67 bits per heavy atom. The van der Waals surface area contributed by atoms with E-state index in [-0.39, 0.29) is 0 Å². The fourth-order valence-corrected chi connectivity index (χ4v) is 6.04. The molecule has 1 aliphatic heterocycles. The summed E-state index contributed by atoms with van der Waals surface area (Å²) in [5.74, 6) is 1.89. The number of nitrogens with zero attached hydrogens (tertiary/aromatic N) is 1. The first-order chi connectivity index (χ1) is 10.3. The van der Waals surface area contributed by atoms with Crippen molar-refractivity contribution in [1.82, 2.24) is 10.2 Å². The molecule has 2 saturated carbocycles. The molecule has 0 spiro atoms. The largest absolute Gasteiger partial charge is 0.315 e. The van der Waals surface area contributed by atoms with Crippen LogP contribution in [0.4, 0.5) is 0 Å². The van der Waals surface area contributed by atoms with Crippen LogP contribution >= 0.6 is 0 Å². The molecule has 3 aliphatic rings. The van der Waals surface area contributed by atoms with Crippen LogP contribution in [-0.2, 0) is 0 Å². The van der Waals surface area contributed by atoms with Crippen molar-refractivity contribution in [3.63, 3.8) is 0 Å². The van der Waals surface area contributed by atoms with Crippen molar-refractivity contribution in [2.24, 2.45) is 11.8 Å². The molecule has 0 aromatic carbocycles. The van der Waals surface area contributed by atoms with Crippen LogP contribution in [0.1, 0.15) is 77.6 Å². The van der Waals surface area contributed by atoms with Gasteiger partial charge in [-0.15, -0.1) is 0 Å². The van der Waals surface area contributed by atoms with E-state index in [4.69, 9.17) is 0 Å². The standard InChI is InChI=1S/C19H36N2/c1-3-16-10-4-5-11-17(16)18(20-2)19(12-6-7-13-19)21-14-8-9-15-21/h16-18,20H,3-15H2,1-2H3. The minimum atomic E-state index is 0.501. The van der Waals surface area contributed by atoms with E-state index in [0.29, 0.717) is 5.54 Å². The van der Waals surface area contributed by atoms with E-state index in [1.54, 1.807) is 0 Å². The zero-order chi connectivity index (χ0) is 14.7. The topological polar surface area (TPSA) is 15.3 Å². The summed E-state index contributed by atoms with van der Waals surface area (Å²) in [6.07, 6.45) is 16.0. The minimum absolute atomic E-state index is 0.501. The molecule has 0 radical (unpaired) electrons. The number of hydrogen-bond donors (Lipinski definition) is 1. The Kier molecular flexibility index (Phi) is 5.27. The van der Waals surface area contributed by atoms with E-state index in [2.05, 4.69) is 24.2 Å². The zero-order valence-corrected chi connectivity index (χ0v) is 14.4. The predicted octanol–water partition coefficient (Wildman–Crippen LogP) is 4.20. The molecule has 3 fully saturated rings. The molecule has 2 heteroatoms. The van der Waals surface area contributed by atoms with E-state index >= 15 is 0 Å². The first-order valence-electron chi connectivity index (χ1n) is 9.74. The average Bonchev–Trinajstić information content (AvgIpc) is 3.20. The van der Waals surface area contributed by atoms with Crippen molar-refractivity contribution in [1.29, 1.82) is 0 Å². The molecule has 1 heterocycles. The lowest BCUT2D eigenvalue weighted by Crippen LogP contribution is -2.62. The first-order valence-corrected chi connectivity index (χ1v) is 9.74. The van der Waals surface area contributed by atoms with E-state index < -0.39 is 0 Å². The number of likely N-dealkylation sites (N-methyl/N-ethyl adjacent to an activating group) is 1. The van der Waals surface area contributed by atoms with Crippen LogP contribution in [0.25, 0.3) is 0 Å². The van der Waals surface area contributed by atoms with Crippen molar-refractivity contribution < 1.29 is 0 Å². The Hall–Kier alpha value is -0.0800. The molecule has 2 nitrogen and oxygen atoms in total. The molecule has 3 atom stereocenters. The normalized spacial score (nSPS) is 35.1. The summed E-state index contributed by atoms with van der Waals surface area (Å²) in [5.41, 5.74) is 0.501. The maximum Gasteiger partial charge on any atom is 0.0365 e. The molecule has 0 aromatic heterocycles. The van der Waals surface area contributed by atoms with Gasteiger partial charge in [-0.1, -0.05) is 45.4 Å². The Bertz CT molecular complexity index is 316. The summed E-state index contributed by atoms with van der Waals surface area (Å²) in [7, 11) is 2.25. The lowest BCUT2D eigenvalue weighted by Gasteiger charge is -2.51. The lowest BCUT2D eigenvalue weighted by molar-refractivity contribution is 0.0248. The molecule has 0 bridgehead atoms. The van der Waals surface area contributed by atoms with E-state index in [0.717, 1.165) is 17.9 Å². The van der Waals surface area contributed by atoms with Gasteiger partial charge in [0.1, 0.15) is 0 Å². The maximum atomic E-state index is 3.85. The van der Waals surface area contributed by atoms with Gasteiger partial charge >= 0.3 is 0 Å². The predicted molar refractivity (Wildman–Crippen MR) is 90.6 cm³/mol.